The summed E-state index contributed by atoms with van der Waals surface area (Å²) in [6, 6.07) is 18.7. The third-order valence-corrected chi connectivity index (χ3v) is 5.21. The third kappa shape index (κ3) is 7.49. The van der Waals surface area contributed by atoms with Gasteiger partial charge in [0, 0.05) is 23.4 Å². The van der Waals surface area contributed by atoms with Crippen LogP contribution in [0.15, 0.2) is 66.7 Å². The average molecular weight is 493 g/mol. The van der Waals surface area contributed by atoms with Crippen LogP contribution >= 0.6 is 0 Å². The molecule has 0 aliphatic heterocycles. The standard InChI is InChI=1S/C27H28N2O7/c1-33-22-12-10-21(11-13-22)29-27(32)19-6-8-20(9-7-19)28-25(30)17-36-26(31)15-5-18-4-14-23(34-2)24(16-18)35-3/h4,6-14,16H,5,15,17H2,1-3H3,(H,28,30)(H,29,32). The number of hydrogen-bond donors (Lipinski definition) is 2. The monoisotopic (exact) mass is 492 g/mol. The lowest BCUT2D eigenvalue weighted by molar-refractivity contribution is -0.147. The lowest BCUT2D eigenvalue weighted by Crippen LogP contribution is -2.21. The number of benzene rings is 3. The van der Waals surface area contributed by atoms with E-state index in [1.165, 1.54) is 0 Å². The summed E-state index contributed by atoms with van der Waals surface area (Å²) in [5.41, 5.74) is 2.41. The van der Waals surface area contributed by atoms with Gasteiger partial charge in [0.15, 0.2) is 18.1 Å². The van der Waals surface area contributed by atoms with E-state index in [4.69, 9.17) is 18.9 Å². The Kier molecular flexibility index (Phi) is 9.27. The van der Waals surface area contributed by atoms with Crippen molar-refractivity contribution < 1.29 is 33.3 Å². The molecule has 9 nitrogen and oxygen atoms in total. The summed E-state index contributed by atoms with van der Waals surface area (Å²) >= 11 is 0. The molecule has 0 aliphatic rings. The van der Waals surface area contributed by atoms with Gasteiger partial charge >= 0.3 is 5.97 Å². The topological polar surface area (TPSA) is 112 Å². The molecule has 0 fully saturated rings. The van der Waals surface area contributed by atoms with Crippen LogP contribution in [-0.4, -0.2) is 45.7 Å². The fourth-order valence-corrected chi connectivity index (χ4v) is 3.28. The first-order valence-electron chi connectivity index (χ1n) is 11.1. The van der Waals surface area contributed by atoms with E-state index in [1.54, 1.807) is 82.0 Å². The first-order valence-corrected chi connectivity index (χ1v) is 11.1. The van der Waals surface area contributed by atoms with Gasteiger partial charge in [-0.05, 0) is 72.6 Å². The highest BCUT2D eigenvalue weighted by Gasteiger charge is 2.11. The lowest BCUT2D eigenvalue weighted by Gasteiger charge is -2.10. The molecule has 2 N–H and O–H groups in total. The minimum absolute atomic E-state index is 0.112. The highest BCUT2D eigenvalue weighted by molar-refractivity contribution is 6.04. The minimum atomic E-state index is -0.495. The summed E-state index contributed by atoms with van der Waals surface area (Å²) < 4.78 is 20.6. The molecular weight excluding hydrogens is 464 g/mol. The van der Waals surface area contributed by atoms with Crippen LogP contribution < -0.4 is 24.8 Å². The van der Waals surface area contributed by atoms with Crippen molar-refractivity contribution >= 4 is 29.2 Å². The van der Waals surface area contributed by atoms with Gasteiger partial charge in [-0.1, -0.05) is 6.07 Å². The van der Waals surface area contributed by atoms with Crippen molar-refractivity contribution in [2.45, 2.75) is 12.8 Å². The molecule has 36 heavy (non-hydrogen) atoms. The van der Waals surface area contributed by atoms with Crippen molar-refractivity contribution in [3.63, 3.8) is 0 Å². The zero-order valence-corrected chi connectivity index (χ0v) is 20.3. The molecule has 0 spiro atoms. The number of nitrogens with one attached hydrogen (secondary N) is 2. The van der Waals surface area contributed by atoms with Crippen LogP contribution in [0.4, 0.5) is 11.4 Å². The predicted molar refractivity (Wildman–Crippen MR) is 135 cm³/mol. The molecule has 3 rings (SSSR count). The Morgan fingerprint density at radius 3 is 2.00 bits per heavy atom. The number of rotatable bonds is 11. The predicted octanol–water partition coefficient (Wildman–Crippen LogP) is 4.08. The van der Waals surface area contributed by atoms with Gasteiger partial charge in [-0.3, -0.25) is 14.4 Å². The second-order valence-electron chi connectivity index (χ2n) is 7.66. The smallest absolute Gasteiger partial charge is 0.306 e. The number of methoxy groups -OCH3 is 3. The highest BCUT2D eigenvalue weighted by Crippen LogP contribution is 2.28. The quantitative estimate of drug-likeness (QED) is 0.388. The Hall–Kier alpha value is -4.53. The number of anilines is 2. The van der Waals surface area contributed by atoms with Gasteiger partial charge in [-0.2, -0.15) is 0 Å². The van der Waals surface area contributed by atoms with Gasteiger partial charge in [0.2, 0.25) is 0 Å². The summed E-state index contributed by atoms with van der Waals surface area (Å²) in [5, 5.41) is 5.42. The second kappa shape index (κ2) is 12.8. The van der Waals surface area contributed by atoms with Crippen LogP contribution in [0.3, 0.4) is 0 Å². The van der Waals surface area contributed by atoms with E-state index in [0.29, 0.717) is 40.6 Å². The van der Waals surface area contributed by atoms with E-state index >= 15 is 0 Å². The number of hydrogen-bond acceptors (Lipinski definition) is 7. The molecule has 2 amide bonds. The number of esters is 1. The van der Waals surface area contributed by atoms with Gasteiger partial charge in [0.05, 0.1) is 21.3 Å². The normalized spacial score (nSPS) is 10.2. The molecule has 0 radical (unpaired) electrons. The maximum absolute atomic E-state index is 12.4. The molecule has 0 bridgehead atoms. The van der Waals surface area contributed by atoms with E-state index in [-0.39, 0.29) is 12.3 Å². The Morgan fingerprint density at radius 1 is 0.722 bits per heavy atom. The Bertz CT molecular complexity index is 1190. The summed E-state index contributed by atoms with van der Waals surface area (Å²) in [6.07, 6.45) is 0.543. The molecule has 3 aromatic rings. The summed E-state index contributed by atoms with van der Waals surface area (Å²) in [6.45, 7) is -0.412. The molecule has 0 saturated carbocycles. The summed E-state index contributed by atoms with van der Waals surface area (Å²) in [4.78, 5) is 36.6. The molecule has 0 heterocycles. The zero-order chi connectivity index (χ0) is 25.9. The van der Waals surface area contributed by atoms with E-state index in [1.807, 2.05) is 6.07 Å². The Balaban J connectivity index is 1.42. The molecular formula is C27H28N2O7. The Labute approximate surface area is 209 Å². The first kappa shape index (κ1) is 26.1. The first-order chi connectivity index (χ1) is 17.4. The van der Waals surface area contributed by atoms with Gasteiger partial charge in [-0.25, -0.2) is 0 Å². The van der Waals surface area contributed by atoms with Crippen molar-refractivity contribution in [1.82, 2.24) is 0 Å². The van der Waals surface area contributed by atoms with E-state index in [2.05, 4.69) is 10.6 Å². The molecule has 0 atom stereocenters. The van der Waals surface area contributed by atoms with Gasteiger partial charge < -0.3 is 29.6 Å². The Morgan fingerprint density at radius 2 is 1.36 bits per heavy atom. The second-order valence-corrected chi connectivity index (χ2v) is 7.66. The molecule has 0 saturated heterocycles. The van der Waals surface area contributed by atoms with Crippen LogP contribution in [0.5, 0.6) is 17.2 Å². The molecule has 3 aromatic carbocycles. The van der Waals surface area contributed by atoms with E-state index in [9.17, 15) is 14.4 Å². The van der Waals surface area contributed by atoms with Crippen molar-refractivity contribution in [3.05, 3.63) is 77.9 Å². The zero-order valence-electron chi connectivity index (χ0n) is 20.3. The van der Waals surface area contributed by atoms with Crippen molar-refractivity contribution in [2.24, 2.45) is 0 Å². The summed E-state index contributed by atoms with van der Waals surface area (Å²) in [7, 11) is 4.66. The number of amides is 2. The van der Waals surface area contributed by atoms with Gasteiger partial charge in [0.25, 0.3) is 11.8 Å². The van der Waals surface area contributed by atoms with Crippen LogP contribution in [-0.2, 0) is 20.7 Å². The van der Waals surface area contributed by atoms with Crippen molar-refractivity contribution in [2.75, 3.05) is 38.6 Å². The fourth-order valence-electron chi connectivity index (χ4n) is 3.28. The molecule has 0 aromatic heterocycles. The minimum Gasteiger partial charge on any atom is -0.497 e. The maximum atomic E-state index is 12.4. The van der Waals surface area contributed by atoms with Crippen LogP contribution in [0, 0.1) is 0 Å². The molecule has 0 unspecified atom stereocenters. The van der Waals surface area contributed by atoms with Crippen LogP contribution in [0.25, 0.3) is 0 Å². The van der Waals surface area contributed by atoms with E-state index in [0.717, 1.165) is 5.56 Å². The number of carbonyl (C=O) groups is 3. The number of ether oxygens (including phenoxy) is 4. The van der Waals surface area contributed by atoms with Crippen molar-refractivity contribution in [1.29, 1.82) is 0 Å². The lowest BCUT2D eigenvalue weighted by atomic mass is 10.1. The molecule has 188 valence electrons. The maximum Gasteiger partial charge on any atom is 0.306 e. The third-order valence-electron chi connectivity index (χ3n) is 5.21. The summed E-state index contributed by atoms with van der Waals surface area (Å²) in [5.74, 6) is 0.604. The largest absolute Gasteiger partial charge is 0.497 e. The van der Waals surface area contributed by atoms with Gasteiger partial charge in [-0.15, -0.1) is 0 Å². The number of aryl methyl sites for hydroxylation is 1. The number of carbonyl (C=O) groups excluding carboxylic acids is 3. The SMILES string of the molecule is COc1ccc(NC(=O)c2ccc(NC(=O)COC(=O)CCc3ccc(OC)c(OC)c3)cc2)cc1. The van der Waals surface area contributed by atoms with E-state index < -0.39 is 18.5 Å². The van der Waals surface area contributed by atoms with Crippen LogP contribution in [0.2, 0.25) is 0 Å². The van der Waals surface area contributed by atoms with Crippen LogP contribution in [0.1, 0.15) is 22.3 Å². The average Bonchev–Trinajstić information content (AvgIpc) is 2.91. The molecule has 0 aliphatic carbocycles. The molecule has 9 heteroatoms. The fraction of sp³-hybridized carbons (Fsp3) is 0.222. The van der Waals surface area contributed by atoms with Crippen molar-refractivity contribution in [3.8, 4) is 17.2 Å². The van der Waals surface area contributed by atoms with Gasteiger partial charge in [0.1, 0.15) is 5.75 Å². The highest BCUT2D eigenvalue weighted by atomic mass is 16.5.